The molecule has 0 saturated heterocycles. The van der Waals surface area contributed by atoms with Crippen molar-refractivity contribution in [2.45, 2.75) is 77.8 Å². The van der Waals surface area contributed by atoms with Crippen LogP contribution in [-0.4, -0.2) is 48.7 Å². The van der Waals surface area contributed by atoms with E-state index in [2.05, 4.69) is 46.7 Å². The number of aliphatic imine (C=N–C) groups is 1. The Morgan fingerprint density at radius 2 is 1.71 bits per heavy atom. The first-order chi connectivity index (χ1) is 19.8. The molecule has 5 rings (SSSR count). The predicted octanol–water partition coefficient (Wildman–Crippen LogP) is 5.47. The minimum atomic E-state index is -4.47. The van der Waals surface area contributed by atoms with Crippen LogP contribution in [0.15, 0.2) is 53.5 Å². The second-order valence-corrected chi connectivity index (χ2v) is 12.1. The molecule has 42 heavy (non-hydrogen) atoms. The average molecular weight is 582 g/mol. The van der Waals surface area contributed by atoms with Crippen LogP contribution in [0.1, 0.15) is 92.3 Å². The molecule has 3 aromatic rings. The van der Waals surface area contributed by atoms with E-state index < -0.39 is 23.4 Å². The van der Waals surface area contributed by atoms with E-state index in [1.54, 1.807) is 17.0 Å². The fourth-order valence-electron chi connectivity index (χ4n) is 6.03. The molecule has 1 unspecified atom stereocenters. The SMILES string of the molecule is CC(c1ccc(C(=O)NCc2nn[nH]n2)cc1)N1C(=O)C(c2ccc(C(F)(F)F)cc2)=NC12CCC(C(C)(C)C)CC2. The van der Waals surface area contributed by atoms with E-state index in [0.717, 1.165) is 30.5 Å². The van der Waals surface area contributed by atoms with Gasteiger partial charge in [-0.25, -0.2) is 0 Å². The van der Waals surface area contributed by atoms with Crippen LogP contribution in [0.2, 0.25) is 0 Å². The number of nitrogens with one attached hydrogen (secondary N) is 2. The molecule has 1 spiro atoms. The molecule has 2 heterocycles. The summed E-state index contributed by atoms with van der Waals surface area (Å²) in [7, 11) is 0. The van der Waals surface area contributed by atoms with Crippen molar-refractivity contribution in [3.63, 3.8) is 0 Å². The van der Waals surface area contributed by atoms with E-state index in [0.29, 0.717) is 35.7 Å². The van der Waals surface area contributed by atoms with E-state index in [1.165, 1.54) is 12.1 Å². The number of H-pyrrole nitrogens is 1. The number of hydrogen-bond donors (Lipinski definition) is 2. The van der Waals surface area contributed by atoms with Crippen LogP contribution in [0.4, 0.5) is 13.2 Å². The van der Waals surface area contributed by atoms with Crippen molar-refractivity contribution in [1.29, 1.82) is 0 Å². The Balaban J connectivity index is 1.41. The lowest BCUT2D eigenvalue weighted by Crippen LogP contribution is -2.50. The van der Waals surface area contributed by atoms with Gasteiger partial charge in [-0.3, -0.25) is 14.6 Å². The average Bonchev–Trinajstić information content (AvgIpc) is 3.57. The Morgan fingerprint density at radius 3 is 2.26 bits per heavy atom. The summed E-state index contributed by atoms with van der Waals surface area (Å²) in [4.78, 5) is 33.4. The first-order valence-electron chi connectivity index (χ1n) is 14.0. The number of benzene rings is 2. The Bertz CT molecular complexity index is 1450. The monoisotopic (exact) mass is 581 g/mol. The van der Waals surface area contributed by atoms with Crippen molar-refractivity contribution in [3.05, 3.63) is 76.6 Å². The number of carbonyl (C=O) groups is 2. The van der Waals surface area contributed by atoms with E-state index in [4.69, 9.17) is 4.99 Å². The number of aromatic nitrogens is 4. The van der Waals surface area contributed by atoms with Gasteiger partial charge in [-0.15, -0.1) is 10.2 Å². The summed E-state index contributed by atoms with van der Waals surface area (Å²) in [6.07, 6.45) is -1.40. The smallest absolute Gasteiger partial charge is 0.345 e. The maximum Gasteiger partial charge on any atom is 0.416 e. The molecule has 2 N–H and O–H groups in total. The molecule has 1 saturated carbocycles. The molecule has 222 valence electrons. The van der Waals surface area contributed by atoms with Crippen molar-refractivity contribution >= 4 is 17.5 Å². The van der Waals surface area contributed by atoms with Gasteiger partial charge in [0, 0.05) is 11.1 Å². The summed E-state index contributed by atoms with van der Waals surface area (Å²) in [6.45, 7) is 8.69. The normalized spacial score (nSPS) is 21.9. The number of alkyl halides is 3. The van der Waals surface area contributed by atoms with Gasteiger partial charge in [0.15, 0.2) is 5.82 Å². The fraction of sp³-hybridized carbons (Fsp3) is 0.467. The highest BCUT2D eigenvalue weighted by Crippen LogP contribution is 2.49. The third kappa shape index (κ3) is 5.79. The van der Waals surface area contributed by atoms with Crippen molar-refractivity contribution in [2.75, 3.05) is 0 Å². The van der Waals surface area contributed by atoms with Gasteiger partial charge >= 0.3 is 6.18 Å². The third-order valence-corrected chi connectivity index (χ3v) is 8.53. The summed E-state index contributed by atoms with van der Waals surface area (Å²) in [5.74, 6) is 0.210. The van der Waals surface area contributed by atoms with Gasteiger partial charge in [0.1, 0.15) is 11.4 Å². The van der Waals surface area contributed by atoms with Gasteiger partial charge in [0.05, 0.1) is 18.2 Å². The summed E-state index contributed by atoms with van der Waals surface area (Å²) in [5.41, 5.74) is 0.348. The van der Waals surface area contributed by atoms with E-state index in [9.17, 15) is 22.8 Å². The molecule has 1 aliphatic carbocycles. The highest BCUT2D eigenvalue weighted by molar-refractivity contribution is 6.46. The van der Waals surface area contributed by atoms with Gasteiger partial charge in [-0.05, 0) is 73.8 Å². The van der Waals surface area contributed by atoms with E-state index in [1.807, 2.05) is 19.1 Å². The van der Waals surface area contributed by atoms with E-state index in [-0.39, 0.29) is 29.5 Å². The lowest BCUT2D eigenvalue weighted by molar-refractivity contribution is -0.137. The molecule has 9 nitrogen and oxygen atoms in total. The van der Waals surface area contributed by atoms with Crippen molar-refractivity contribution in [1.82, 2.24) is 30.8 Å². The minimum absolute atomic E-state index is 0.112. The van der Waals surface area contributed by atoms with Crippen LogP contribution in [0.3, 0.4) is 0 Å². The molecule has 2 aliphatic rings. The minimum Gasteiger partial charge on any atom is -0.345 e. The Kier molecular flexibility index (Phi) is 7.67. The maximum atomic E-state index is 14.0. The molecule has 1 aliphatic heterocycles. The standard InChI is InChI=1S/C30H34F3N7O2/c1-18(19-5-7-21(8-6-19)26(41)34-17-24-36-38-39-37-24)40-27(42)25(20-9-11-23(12-10-20)30(31,32)33)35-29(40)15-13-22(14-16-29)28(2,3)4/h5-12,18,22H,13-17H2,1-4H3,(H,34,41)(H,36,37,38,39). The zero-order chi connectivity index (χ0) is 30.3. The summed E-state index contributed by atoms with van der Waals surface area (Å²) >= 11 is 0. The number of rotatable bonds is 6. The lowest BCUT2D eigenvalue weighted by Gasteiger charge is -2.46. The summed E-state index contributed by atoms with van der Waals surface area (Å²) in [5, 5.41) is 16.2. The first kappa shape index (κ1) is 29.4. The number of tetrazole rings is 1. The molecule has 0 radical (unpaired) electrons. The molecular weight excluding hydrogens is 547 g/mol. The fourth-order valence-corrected chi connectivity index (χ4v) is 6.03. The largest absolute Gasteiger partial charge is 0.416 e. The lowest BCUT2D eigenvalue weighted by atomic mass is 9.69. The van der Waals surface area contributed by atoms with Crippen LogP contribution < -0.4 is 5.32 Å². The number of nitrogens with zero attached hydrogens (tertiary/aromatic N) is 5. The van der Waals surface area contributed by atoms with Crippen LogP contribution >= 0.6 is 0 Å². The van der Waals surface area contributed by atoms with Crippen molar-refractivity contribution < 1.29 is 22.8 Å². The van der Waals surface area contributed by atoms with Gasteiger partial charge in [-0.2, -0.15) is 18.4 Å². The molecule has 1 atom stereocenters. The van der Waals surface area contributed by atoms with Gasteiger partial charge < -0.3 is 10.2 Å². The van der Waals surface area contributed by atoms with Crippen LogP contribution in [0.25, 0.3) is 0 Å². The van der Waals surface area contributed by atoms with Crippen LogP contribution in [-0.2, 0) is 17.5 Å². The van der Waals surface area contributed by atoms with Gasteiger partial charge in [0.2, 0.25) is 0 Å². The van der Waals surface area contributed by atoms with Crippen LogP contribution in [0.5, 0.6) is 0 Å². The van der Waals surface area contributed by atoms with Gasteiger partial charge in [0.25, 0.3) is 11.8 Å². The summed E-state index contributed by atoms with van der Waals surface area (Å²) in [6, 6.07) is 11.2. The predicted molar refractivity (Wildman–Crippen MR) is 149 cm³/mol. The summed E-state index contributed by atoms with van der Waals surface area (Å²) < 4.78 is 39.6. The van der Waals surface area contributed by atoms with Crippen molar-refractivity contribution in [3.8, 4) is 0 Å². The quantitative estimate of drug-likeness (QED) is 0.400. The Hall–Kier alpha value is -4.09. The number of carbonyl (C=O) groups excluding carboxylic acids is 2. The molecule has 1 aromatic heterocycles. The molecule has 2 aromatic carbocycles. The highest BCUT2D eigenvalue weighted by atomic mass is 19.4. The third-order valence-electron chi connectivity index (χ3n) is 8.53. The van der Waals surface area contributed by atoms with Gasteiger partial charge in [-0.1, -0.05) is 50.3 Å². The maximum absolute atomic E-state index is 14.0. The molecule has 0 bridgehead atoms. The second-order valence-electron chi connectivity index (χ2n) is 12.1. The Labute approximate surface area is 242 Å². The number of halogens is 3. The molecular formula is C30H34F3N7O2. The Morgan fingerprint density at radius 1 is 1.07 bits per heavy atom. The molecule has 1 fully saturated rings. The number of aromatic amines is 1. The molecule has 12 heteroatoms. The molecule has 2 amide bonds. The zero-order valence-corrected chi connectivity index (χ0v) is 24.0. The highest BCUT2D eigenvalue weighted by Gasteiger charge is 2.52. The first-order valence-corrected chi connectivity index (χ1v) is 14.0. The number of hydrogen-bond acceptors (Lipinski definition) is 6. The van der Waals surface area contributed by atoms with Crippen molar-refractivity contribution in [2.24, 2.45) is 16.3 Å². The number of amides is 2. The van der Waals surface area contributed by atoms with Crippen LogP contribution in [0, 0.1) is 11.3 Å². The topological polar surface area (TPSA) is 116 Å². The zero-order valence-electron chi connectivity index (χ0n) is 24.0. The van der Waals surface area contributed by atoms with E-state index >= 15 is 0 Å². The second kappa shape index (κ2) is 11.0.